The van der Waals surface area contributed by atoms with Gasteiger partial charge < -0.3 is 10.1 Å². The maximum Gasteiger partial charge on any atom is 0.157 e. The van der Waals surface area contributed by atoms with Gasteiger partial charge in [-0.05, 0) is 25.3 Å². The van der Waals surface area contributed by atoms with Crippen LogP contribution in [0.25, 0.3) is 0 Å². The molecule has 0 bridgehead atoms. The summed E-state index contributed by atoms with van der Waals surface area (Å²) in [4.78, 5) is 8.87. The molecule has 1 aliphatic carbocycles. The predicted octanol–water partition coefficient (Wildman–Crippen LogP) is 2.22. The van der Waals surface area contributed by atoms with E-state index >= 15 is 0 Å². The molecule has 1 atom stereocenters. The van der Waals surface area contributed by atoms with Gasteiger partial charge >= 0.3 is 0 Å². The first-order valence-electron chi connectivity index (χ1n) is 6.41. The fourth-order valence-electron chi connectivity index (χ4n) is 1.82. The number of nitrogens with zero attached hydrogens (tertiary/aromatic N) is 2. The number of hydrogen-bond donors (Lipinski definition) is 1. The van der Waals surface area contributed by atoms with E-state index in [1.165, 1.54) is 12.8 Å². The van der Waals surface area contributed by atoms with Crippen LogP contribution in [0.4, 0.5) is 0 Å². The molecule has 1 aromatic heterocycles. The summed E-state index contributed by atoms with van der Waals surface area (Å²) in [5.41, 5.74) is 1.06. The van der Waals surface area contributed by atoms with Crippen LogP contribution in [0.3, 0.4) is 0 Å². The molecule has 1 saturated carbocycles. The summed E-state index contributed by atoms with van der Waals surface area (Å²) in [6.07, 6.45) is 6.50. The van der Waals surface area contributed by atoms with E-state index in [4.69, 9.17) is 4.74 Å². The average molecular weight is 235 g/mol. The Morgan fingerprint density at radius 1 is 1.53 bits per heavy atom. The Bertz CT molecular complexity index is 352. The van der Waals surface area contributed by atoms with E-state index in [2.05, 4.69) is 22.2 Å². The maximum atomic E-state index is 5.42. The highest BCUT2D eigenvalue weighted by Crippen LogP contribution is 2.20. The maximum absolute atomic E-state index is 5.42. The zero-order chi connectivity index (χ0) is 12.1. The molecule has 0 spiro atoms. The molecule has 1 aromatic rings. The predicted molar refractivity (Wildman–Crippen MR) is 66.6 cm³/mol. The number of ether oxygens (including phenoxy) is 1. The zero-order valence-electron chi connectivity index (χ0n) is 10.6. The molecule has 1 aliphatic rings. The van der Waals surface area contributed by atoms with Gasteiger partial charge in [0.2, 0.25) is 0 Å². The van der Waals surface area contributed by atoms with Crippen molar-refractivity contribution in [2.45, 2.75) is 51.3 Å². The first kappa shape index (κ1) is 12.5. The van der Waals surface area contributed by atoms with Crippen molar-refractivity contribution in [2.24, 2.45) is 0 Å². The molecule has 17 heavy (non-hydrogen) atoms. The Morgan fingerprint density at radius 2 is 2.35 bits per heavy atom. The van der Waals surface area contributed by atoms with Gasteiger partial charge in [0.1, 0.15) is 6.10 Å². The van der Waals surface area contributed by atoms with Crippen LogP contribution in [0.2, 0.25) is 0 Å². The number of nitrogens with one attached hydrogen (secondary N) is 1. The first-order valence-corrected chi connectivity index (χ1v) is 6.41. The third kappa shape index (κ3) is 3.75. The third-order valence-corrected chi connectivity index (χ3v) is 3.00. The van der Waals surface area contributed by atoms with Gasteiger partial charge in [-0.3, -0.25) is 0 Å². The zero-order valence-corrected chi connectivity index (χ0v) is 10.6. The van der Waals surface area contributed by atoms with Crippen LogP contribution in [-0.2, 0) is 11.3 Å². The molecule has 0 aliphatic heterocycles. The smallest absolute Gasteiger partial charge is 0.157 e. The van der Waals surface area contributed by atoms with Gasteiger partial charge in [0, 0.05) is 25.9 Å². The van der Waals surface area contributed by atoms with Gasteiger partial charge in [-0.15, -0.1) is 0 Å². The van der Waals surface area contributed by atoms with Crippen LogP contribution in [0, 0.1) is 0 Å². The van der Waals surface area contributed by atoms with E-state index in [0.717, 1.165) is 30.9 Å². The highest BCUT2D eigenvalue weighted by molar-refractivity contribution is 5.05. The molecule has 1 fully saturated rings. The summed E-state index contributed by atoms with van der Waals surface area (Å²) in [5.74, 6) is 0.810. The van der Waals surface area contributed by atoms with E-state index in [-0.39, 0.29) is 6.10 Å². The average Bonchev–Trinajstić information content (AvgIpc) is 3.18. The van der Waals surface area contributed by atoms with Crippen LogP contribution < -0.4 is 5.32 Å². The minimum atomic E-state index is 0.0286. The molecule has 2 rings (SSSR count). The highest BCUT2D eigenvalue weighted by Gasteiger charge is 2.20. The van der Waals surface area contributed by atoms with Crippen LogP contribution in [-0.4, -0.2) is 23.1 Å². The minimum absolute atomic E-state index is 0.0286. The second-order valence-electron chi connectivity index (χ2n) is 4.57. The topological polar surface area (TPSA) is 47.0 Å². The van der Waals surface area contributed by atoms with Crippen molar-refractivity contribution >= 4 is 0 Å². The molecular formula is C13H21N3O. The van der Waals surface area contributed by atoms with Gasteiger partial charge in [0.25, 0.3) is 0 Å². The quantitative estimate of drug-likeness (QED) is 0.787. The normalized spacial score (nSPS) is 17.1. The summed E-state index contributed by atoms with van der Waals surface area (Å²) in [7, 11) is 1.72. The number of aromatic nitrogens is 2. The molecule has 1 heterocycles. The lowest BCUT2D eigenvalue weighted by Gasteiger charge is -2.13. The lowest BCUT2D eigenvalue weighted by molar-refractivity contribution is 0.0874. The van der Waals surface area contributed by atoms with Crippen molar-refractivity contribution in [2.75, 3.05) is 7.11 Å². The number of rotatable bonds is 7. The monoisotopic (exact) mass is 235 g/mol. The van der Waals surface area contributed by atoms with Crippen molar-refractivity contribution < 1.29 is 4.74 Å². The Kier molecular flexibility index (Phi) is 4.45. The van der Waals surface area contributed by atoms with Crippen molar-refractivity contribution in [3.05, 3.63) is 23.8 Å². The molecule has 1 unspecified atom stereocenters. The highest BCUT2D eigenvalue weighted by atomic mass is 16.5. The Hall–Kier alpha value is -1.00. The fraction of sp³-hybridized carbons (Fsp3) is 0.692. The molecule has 4 nitrogen and oxygen atoms in total. The summed E-state index contributed by atoms with van der Waals surface area (Å²) in [6.45, 7) is 2.98. The summed E-state index contributed by atoms with van der Waals surface area (Å²) < 4.78 is 5.42. The van der Waals surface area contributed by atoms with Gasteiger partial charge in [-0.1, -0.05) is 13.3 Å². The lowest BCUT2D eigenvalue weighted by atomic mass is 10.2. The first-order chi connectivity index (χ1) is 8.33. The van der Waals surface area contributed by atoms with Crippen molar-refractivity contribution in [3.63, 3.8) is 0 Å². The molecule has 94 valence electrons. The van der Waals surface area contributed by atoms with Crippen LogP contribution >= 0.6 is 0 Å². The minimum Gasteiger partial charge on any atom is -0.373 e. The Labute approximate surface area is 103 Å². The second kappa shape index (κ2) is 6.07. The van der Waals surface area contributed by atoms with E-state index in [1.807, 2.05) is 12.3 Å². The molecule has 0 radical (unpaired) electrons. The van der Waals surface area contributed by atoms with E-state index in [9.17, 15) is 0 Å². The van der Waals surface area contributed by atoms with E-state index < -0.39 is 0 Å². The molecule has 4 heteroatoms. The SMILES string of the molecule is CCCC(OC)c1nccc(CNC2CC2)n1. The van der Waals surface area contributed by atoms with E-state index in [1.54, 1.807) is 7.11 Å². The van der Waals surface area contributed by atoms with Gasteiger partial charge in [-0.25, -0.2) is 9.97 Å². The fourth-order valence-corrected chi connectivity index (χ4v) is 1.82. The standard InChI is InChI=1S/C13H21N3O/c1-3-4-12(17-2)13-14-8-7-11(16-13)9-15-10-5-6-10/h7-8,10,12,15H,3-6,9H2,1-2H3. The van der Waals surface area contributed by atoms with Crippen molar-refractivity contribution in [1.29, 1.82) is 0 Å². The molecule has 0 aromatic carbocycles. The lowest BCUT2D eigenvalue weighted by Crippen LogP contribution is -2.17. The summed E-state index contributed by atoms with van der Waals surface area (Å²) in [6, 6.07) is 2.68. The molecule has 0 amide bonds. The van der Waals surface area contributed by atoms with Gasteiger partial charge in [0.15, 0.2) is 5.82 Å². The van der Waals surface area contributed by atoms with Crippen LogP contribution in [0.1, 0.15) is 50.2 Å². The van der Waals surface area contributed by atoms with E-state index in [0.29, 0.717) is 6.04 Å². The third-order valence-electron chi connectivity index (χ3n) is 3.00. The second-order valence-corrected chi connectivity index (χ2v) is 4.57. The largest absolute Gasteiger partial charge is 0.373 e. The number of hydrogen-bond acceptors (Lipinski definition) is 4. The molecular weight excluding hydrogens is 214 g/mol. The Balaban J connectivity index is 1.97. The summed E-state index contributed by atoms with van der Waals surface area (Å²) in [5, 5.41) is 3.46. The van der Waals surface area contributed by atoms with Crippen LogP contribution in [0.15, 0.2) is 12.3 Å². The Morgan fingerprint density at radius 3 is 3.00 bits per heavy atom. The van der Waals surface area contributed by atoms with Gasteiger partial charge in [0.05, 0.1) is 5.69 Å². The van der Waals surface area contributed by atoms with Crippen LogP contribution in [0.5, 0.6) is 0 Å². The summed E-state index contributed by atoms with van der Waals surface area (Å²) >= 11 is 0. The van der Waals surface area contributed by atoms with Crippen molar-refractivity contribution in [1.82, 2.24) is 15.3 Å². The van der Waals surface area contributed by atoms with Gasteiger partial charge in [-0.2, -0.15) is 0 Å². The van der Waals surface area contributed by atoms with Crippen molar-refractivity contribution in [3.8, 4) is 0 Å². The molecule has 0 saturated heterocycles. The molecule has 1 N–H and O–H groups in total. The number of methoxy groups -OCH3 is 1.